The molecular weight excluding hydrogens is 520 g/mol. The Bertz CT molecular complexity index is 1360. The molecule has 0 saturated carbocycles. The van der Waals surface area contributed by atoms with Crippen LogP contribution in [0.5, 0.6) is 0 Å². The maximum Gasteiger partial charge on any atom is 0.416 e. The molecule has 0 spiro atoms. The number of rotatable bonds is 6. The fraction of sp³-hybridized carbons (Fsp3) is 0.227. The fourth-order valence-corrected chi connectivity index (χ4v) is 4.44. The van der Waals surface area contributed by atoms with E-state index in [1.807, 2.05) is 0 Å². The maximum atomic E-state index is 14.2. The van der Waals surface area contributed by atoms with Crippen LogP contribution in [0.15, 0.2) is 49.1 Å². The molecule has 0 N–H and O–H groups in total. The molecule has 0 bridgehead atoms. The van der Waals surface area contributed by atoms with Gasteiger partial charge in [0.25, 0.3) is 5.91 Å². The van der Waals surface area contributed by atoms with Crippen LogP contribution in [0.3, 0.4) is 0 Å². The van der Waals surface area contributed by atoms with Crippen molar-refractivity contribution >= 4 is 32.6 Å². The number of imidazole rings is 1. The number of amides is 1. The van der Waals surface area contributed by atoms with Crippen molar-refractivity contribution in [2.24, 2.45) is 0 Å². The van der Waals surface area contributed by atoms with E-state index in [9.17, 15) is 39.9 Å². The molecule has 36 heavy (non-hydrogen) atoms. The van der Waals surface area contributed by atoms with Crippen LogP contribution in [0.2, 0.25) is 0 Å². The summed E-state index contributed by atoms with van der Waals surface area (Å²) in [6.07, 6.45) is -5.53. The van der Waals surface area contributed by atoms with Crippen LogP contribution in [0.1, 0.15) is 27.9 Å². The smallest absolute Gasteiger partial charge is 0.337 e. The largest absolute Gasteiger partial charge is 0.416 e. The Balaban J connectivity index is 1.77. The molecule has 0 aliphatic heterocycles. The minimum Gasteiger partial charge on any atom is -0.337 e. The number of halogens is 8. The highest BCUT2D eigenvalue weighted by molar-refractivity contribution is 7.22. The third-order valence-electron chi connectivity index (χ3n) is 5.07. The number of aryl methyl sites for hydroxylation is 1. The summed E-state index contributed by atoms with van der Waals surface area (Å²) < 4.78 is 109. The van der Waals surface area contributed by atoms with Gasteiger partial charge in [0.2, 0.25) is 0 Å². The molecule has 0 aliphatic rings. The summed E-state index contributed by atoms with van der Waals surface area (Å²) in [5, 5.41) is -0.212. The van der Waals surface area contributed by atoms with E-state index >= 15 is 0 Å². The first-order chi connectivity index (χ1) is 16.8. The minimum absolute atomic E-state index is 0.00920. The lowest BCUT2D eigenvalue weighted by Crippen LogP contribution is -2.33. The van der Waals surface area contributed by atoms with E-state index in [0.717, 1.165) is 11.0 Å². The number of benzene rings is 2. The first-order valence-corrected chi connectivity index (χ1v) is 11.0. The Hall–Kier alpha value is -3.55. The first kappa shape index (κ1) is 25.5. The molecule has 0 atom stereocenters. The fourth-order valence-electron chi connectivity index (χ4n) is 3.41. The van der Waals surface area contributed by atoms with Crippen molar-refractivity contribution in [1.29, 1.82) is 0 Å². The first-order valence-electron chi connectivity index (χ1n) is 10.2. The second kappa shape index (κ2) is 9.48. The van der Waals surface area contributed by atoms with E-state index in [1.165, 1.54) is 12.5 Å². The normalized spacial score (nSPS) is 12.3. The summed E-state index contributed by atoms with van der Waals surface area (Å²) in [5.41, 5.74) is -4.48. The van der Waals surface area contributed by atoms with E-state index in [-0.39, 0.29) is 34.4 Å². The summed E-state index contributed by atoms with van der Waals surface area (Å²) in [6.45, 7) is 0.104. The standard InChI is InChI=1S/C22H14F8N4OS/c23-15-9-16(24)18-17(10-15)36-20(32-18)34(4-1-3-33-5-2-31-11-33)19(35)12-6-13(21(25,26)27)8-14(7-12)22(28,29)30/h2,5-11H,1,3-4H2. The average Bonchev–Trinajstić information content (AvgIpc) is 3.45. The molecule has 4 aromatic rings. The van der Waals surface area contributed by atoms with Gasteiger partial charge in [0.1, 0.15) is 11.3 Å². The summed E-state index contributed by atoms with van der Waals surface area (Å²) >= 11 is 0.675. The molecule has 2 aromatic heterocycles. The van der Waals surface area contributed by atoms with E-state index in [1.54, 1.807) is 10.8 Å². The van der Waals surface area contributed by atoms with Gasteiger partial charge in [-0.1, -0.05) is 11.3 Å². The SMILES string of the molecule is O=C(c1cc(C(F)(F)F)cc(C(F)(F)F)c1)N(CCCn1ccnc1)c1nc2c(F)cc(F)cc2s1. The molecule has 14 heteroatoms. The minimum atomic E-state index is -5.15. The van der Waals surface area contributed by atoms with Gasteiger partial charge in [-0.15, -0.1) is 0 Å². The van der Waals surface area contributed by atoms with Gasteiger partial charge in [-0.3, -0.25) is 9.69 Å². The highest BCUT2D eigenvalue weighted by atomic mass is 32.1. The van der Waals surface area contributed by atoms with Crippen LogP contribution in [0, 0.1) is 11.6 Å². The third kappa shape index (κ3) is 5.48. The average molecular weight is 534 g/mol. The number of thiazole rings is 1. The summed E-state index contributed by atoms with van der Waals surface area (Å²) in [7, 11) is 0. The van der Waals surface area contributed by atoms with Crippen molar-refractivity contribution in [3.63, 3.8) is 0 Å². The van der Waals surface area contributed by atoms with Gasteiger partial charge in [0.05, 0.1) is 22.2 Å². The number of nitrogens with zero attached hydrogens (tertiary/aromatic N) is 4. The molecule has 1 amide bonds. The molecule has 190 valence electrons. The molecule has 2 aromatic carbocycles. The van der Waals surface area contributed by atoms with Gasteiger partial charge in [-0.05, 0) is 30.7 Å². The summed E-state index contributed by atoms with van der Waals surface area (Å²) in [6, 6.07) is 2.07. The van der Waals surface area contributed by atoms with Crippen LogP contribution in [-0.2, 0) is 18.9 Å². The van der Waals surface area contributed by atoms with Crippen LogP contribution in [0.25, 0.3) is 10.2 Å². The molecule has 0 unspecified atom stereocenters. The van der Waals surface area contributed by atoms with E-state index in [0.29, 0.717) is 36.1 Å². The van der Waals surface area contributed by atoms with Gasteiger partial charge >= 0.3 is 12.4 Å². The molecular formula is C22H14F8N4OS. The number of fused-ring (bicyclic) bond motifs is 1. The lowest BCUT2D eigenvalue weighted by Gasteiger charge is -2.21. The third-order valence-corrected chi connectivity index (χ3v) is 6.10. The Kier molecular flexibility index (Phi) is 6.73. The van der Waals surface area contributed by atoms with Crippen molar-refractivity contribution in [3.05, 3.63) is 77.4 Å². The number of carbonyl (C=O) groups excluding carboxylic acids is 1. The number of anilines is 1. The Morgan fingerprint density at radius 3 is 2.22 bits per heavy atom. The molecule has 0 radical (unpaired) electrons. The van der Waals surface area contributed by atoms with Crippen molar-refractivity contribution < 1.29 is 39.9 Å². The Morgan fingerprint density at radius 2 is 1.64 bits per heavy atom. The lowest BCUT2D eigenvalue weighted by molar-refractivity contribution is -0.143. The number of alkyl halides is 6. The van der Waals surface area contributed by atoms with Crippen molar-refractivity contribution in [1.82, 2.24) is 14.5 Å². The highest BCUT2D eigenvalue weighted by Gasteiger charge is 2.38. The van der Waals surface area contributed by atoms with Gasteiger partial charge in [-0.2, -0.15) is 26.3 Å². The van der Waals surface area contributed by atoms with Crippen LogP contribution < -0.4 is 4.90 Å². The van der Waals surface area contributed by atoms with Gasteiger partial charge in [0.15, 0.2) is 10.9 Å². The van der Waals surface area contributed by atoms with Gasteiger partial charge in [0, 0.05) is 37.1 Å². The van der Waals surface area contributed by atoms with Crippen LogP contribution in [0.4, 0.5) is 40.3 Å². The topological polar surface area (TPSA) is 51.0 Å². The van der Waals surface area contributed by atoms with Gasteiger partial charge in [-0.25, -0.2) is 18.7 Å². The van der Waals surface area contributed by atoms with Crippen LogP contribution in [-0.4, -0.2) is 27.0 Å². The lowest BCUT2D eigenvalue weighted by atomic mass is 10.0. The van der Waals surface area contributed by atoms with Crippen molar-refractivity contribution in [3.8, 4) is 0 Å². The van der Waals surface area contributed by atoms with Gasteiger partial charge < -0.3 is 4.57 Å². The summed E-state index contributed by atoms with van der Waals surface area (Å²) in [5.74, 6) is -3.16. The van der Waals surface area contributed by atoms with E-state index in [4.69, 9.17) is 0 Å². The molecule has 5 nitrogen and oxygen atoms in total. The number of carbonyl (C=O) groups is 1. The van der Waals surface area contributed by atoms with Crippen molar-refractivity contribution in [2.75, 3.05) is 11.4 Å². The Labute approximate surface area is 201 Å². The second-order valence-electron chi connectivity index (χ2n) is 7.64. The Morgan fingerprint density at radius 1 is 0.972 bits per heavy atom. The molecule has 0 saturated heterocycles. The highest BCUT2D eigenvalue weighted by Crippen LogP contribution is 2.37. The molecule has 2 heterocycles. The number of hydrogen-bond donors (Lipinski definition) is 0. The van der Waals surface area contributed by atoms with E-state index < -0.39 is 46.6 Å². The maximum absolute atomic E-state index is 14.2. The molecule has 0 fully saturated rings. The number of hydrogen-bond acceptors (Lipinski definition) is 4. The molecule has 0 aliphatic carbocycles. The summed E-state index contributed by atoms with van der Waals surface area (Å²) in [4.78, 5) is 22.0. The zero-order chi connectivity index (χ0) is 26.3. The zero-order valence-electron chi connectivity index (χ0n) is 17.9. The second-order valence-corrected chi connectivity index (χ2v) is 8.65. The quantitative estimate of drug-likeness (QED) is 0.264. The molecule has 4 rings (SSSR count). The monoisotopic (exact) mass is 534 g/mol. The number of aromatic nitrogens is 3. The van der Waals surface area contributed by atoms with E-state index in [2.05, 4.69) is 9.97 Å². The predicted molar refractivity (Wildman–Crippen MR) is 115 cm³/mol. The zero-order valence-corrected chi connectivity index (χ0v) is 18.7. The predicted octanol–water partition coefficient (Wildman–Crippen LogP) is 6.55. The van der Waals surface area contributed by atoms with Crippen LogP contribution >= 0.6 is 11.3 Å². The van der Waals surface area contributed by atoms with Crippen molar-refractivity contribution in [2.45, 2.75) is 25.3 Å².